The summed E-state index contributed by atoms with van der Waals surface area (Å²) < 4.78 is 5.54. The van der Waals surface area contributed by atoms with Crippen molar-refractivity contribution >= 4 is 16.9 Å². The third kappa shape index (κ3) is 3.60. The predicted molar refractivity (Wildman–Crippen MR) is 77.2 cm³/mol. The fraction of sp³-hybridized carbons (Fsp3) is 0.438. The van der Waals surface area contributed by atoms with Crippen LogP contribution in [0.3, 0.4) is 0 Å². The van der Waals surface area contributed by atoms with E-state index in [2.05, 4.69) is 19.2 Å². The van der Waals surface area contributed by atoms with Gasteiger partial charge >= 0.3 is 0 Å². The molecular weight excluding hydrogens is 238 g/mol. The molecule has 0 fully saturated rings. The molecule has 0 bridgehead atoms. The normalized spacial score (nSPS) is 12.8. The molecule has 0 spiro atoms. The minimum Gasteiger partial charge on any atom is -0.451 e. The van der Waals surface area contributed by atoms with Crippen molar-refractivity contribution in [3.05, 3.63) is 36.1 Å². The van der Waals surface area contributed by atoms with E-state index in [0.29, 0.717) is 11.7 Å². The Labute approximate surface area is 114 Å². The predicted octanol–water partition coefficient (Wildman–Crippen LogP) is 3.99. The van der Waals surface area contributed by atoms with Gasteiger partial charge in [0.25, 0.3) is 5.91 Å². The molecule has 1 atom stereocenters. The van der Waals surface area contributed by atoms with Crippen LogP contribution in [-0.2, 0) is 0 Å². The molecule has 1 N–H and O–H groups in total. The molecule has 0 aliphatic heterocycles. The van der Waals surface area contributed by atoms with Gasteiger partial charge in [-0.1, -0.05) is 32.0 Å². The molecule has 1 heterocycles. The number of furan rings is 1. The lowest BCUT2D eigenvalue weighted by Crippen LogP contribution is -2.32. The Morgan fingerprint density at radius 3 is 2.63 bits per heavy atom. The highest BCUT2D eigenvalue weighted by Crippen LogP contribution is 2.18. The molecule has 1 aromatic heterocycles. The van der Waals surface area contributed by atoms with Gasteiger partial charge < -0.3 is 9.73 Å². The van der Waals surface area contributed by atoms with Crippen LogP contribution in [0.5, 0.6) is 0 Å². The number of carbonyl (C=O) groups excluding carboxylic acids is 1. The van der Waals surface area contributed by atoms with Crippen molar-refractivity contribution < 1.29 is 9.21 Å². The molecule has 0 aliphatic carbocycles. The quantitative estimate of drug-likeness (QED) is 0.882. The summed E-state index contributed by atoms with van der Waals surface area (Å²) in [6, 6.07) is 9.61. The maximum absolute atomic E-state index is 12.1. The Balaban J connectivity index is 1.99. The molecule has 1 unspecified atom stereocenters. The van der Waals surface area contributed by atoms with Gasteiger partial charge in [0.1, 0.15) is 5.58 Å². The molecule has 2 aromatic rings. The molecule has 0 saturated heterocycles. The first-order chi connectivity index (χ1) is 9.06. The van der Waals surface area contributed by atoms with Crippen LogP contribution in [0, 0.1) is 5.92 Å². The average Bonchev–Trinajstić information content (AvgIpc) is 2.80. The first-order valence-corrected chi connectivity index (χ1v) is 6.85. The summed E-state index contributed by atoms with van der Waals surface area (Å²) in [5.41, 5.74) is 0.752. The second-order valence-corrected chi connectivity index (χ2v) is 5.49. The van der Waals surface area contributed by atoms with Crippen molar-refractivity contribution in [3.63, 3.8) is 0 Å². The monoisotopic (exact) mass is 259 g/mol. The van der Waals surface area contributed by atoms with E-state index >= 15 is 0 Å². The number of nitrogens with one attached hydrogen (secondary N) is 1. The number of benzene rings is 1. The van der Waals surface area contributed by atoms with E-state index in [1.807, 2.05) is 31.2 Å². The summed E-state index contributed by atoms with van der Waals surface area (Å²) in [4.78, 5) is 12.1. The minimum absolute atomic E-state index is 0.132. The van der Waals surface area contributed by atoms with Crippen molar-refractivity contribution in [3.8, 4) is 0 Å². The molecule has 0 saturated carbocycles. The van der Waals surface area contributed by atoms with Gasteiger partial charge in [-0.15, -0.1) is 0 Å². The summed E-state index contributed by atoms with van der Waals surface area (Å²) in [6.45, 7) is 6.41. The van der Waals surface area contributed by atoms with Crippen LogP contribution >= 0.6 is 0 Å². The van der Waals surface area contributed by atoms with Crippen molar-refractivity contribution in [2.75, 3.05) is 0 Å². The van der Waals surface area contributed by atoms with E-state index in [1.54, 1.807) is 6.07 Å². The van der Waals surface area contributed by atoms with Gasteiger partial charge in [-0.05, 0) is 37.8 Å². The van der Waals surface area contributed by atoms with Gasteiger partial charge in [-0.25, -0.2) is 0 Å². The Morgan fingerprint density at radius 2 is 1.95 bits per heavy atom. The molecule has 3 nitrogen and oxygen atoms in total. The molecule has 0 aliphatic rings. The lowest BCUT2D eigenvalue weighted by atomic mass is 10.0. The molecule has 2 rings (SSSR count). The maximum atomic E-state index is 12.1. The third-order valence-electron chi connectivity index (χ3n) is 3.20. The first kappa shape index (κ1) is 13.7. The SMILES string of the molecule is CC(C)CCC(C)NC(=O)c1cc2ccccc2o1. The van der Waals surface area contributed by atoms with Crippen LogP contribution < -0.4 is 5.32 Å². The van der Waals surface area contributed by atoms with E-state index in [0.717, 1.165) is 23.8 Å². The summed E-state index contributed by atoms with van der Waals surface area (Å²) in [5, 5.41) is 3.94. The molecule has 19 heavy (non-hydrogen) atoms. The molecule has 1 aromatic carbocycles. The van der Waals surface area contributed by atoms with Crippen LogP contribution in [-0.4, -0.2) is 11.9 Å². The Morgan fingerprint density at radius 1 is 1.21 bits per heavy atom. The molecule has 1 amide bonds. The lowest BCUT2D eigenvalue weighted by molar-refractivity contribution is 0.0911. The topological polar surface area (TPSA) is 42.2 Å². The second-order valence-electron chi connectivity index (χ2n) is 5.49. The number of hydrogen-bond donors (Lipinski definition) is 1. The Bertz CT molecular complexity index is 524. The number of hydrogen-bond acceptors (Lipinski definition) is 2. The van der Waals surface area contributed by atoms with Crippen molar-refractivity contribution in [1.29, 1.82) is 0 Å². The summed E-state index contributed by atoms with van der Waals surface area (Å²) in [5.74, 6) is 0.913. The van der Waals surface area contributed by atoms with Crippen molar-refractivity contribution in [2.45, 2.75) is 39.7 Å². The smallest absolute Gasteiger partial charge is 0.287 e. The number of fused-ring (bicyclic) bond motifs is 1. The molecular formula is C16H21NO2. The highest BCUT2D eigenvalue weighted by molar-refractivity contribution is 5.96. The highest BCUT2D eigenvalue weighted by Gasteiger charge is 2.14. The largest absolute Gasteiger partial charge is 0.451 e. The fourth-order valence-corrected chi connectivity index (χ4v) is 2.04. The highest BCUT2D eigenvalue weighted by atomic mass is 16.3. The Kier molecular flexibility index (Phi) is 4.25. The zero-order valence-electron chi connectivity index (χ0n) is 11.8. The van der Waals surface area contributed by atoms with Crippen LogP contribution in [0.4, 0.5) is 0 Å². The zero-order chi connectivity index (χ0) is 13.8. The summed E-state index contributed by atoms with van der Waals surface area (Å²) in [6.07, 6.45) is 2.10. The minimum atomic E-state index is -0.132. The van der Waals surface area contributed by atoms with Gasteiger partial charge in [-0.3, -0.25) is 4.79 Å². The first-order valence-electron chi connectivity index (χ1n) is 6.85. The van der Waals surface area contributed by atoms with E-state index in [9.17, 15) is 4.79 Å². The molecule has 0 radical (unpaired) electrons. The number of carbonyl (C=O) groups is 1. The fourth-order valence-electron chi connectivity index (χ4n) is 2.04. The third-order valence-corrected chi connectivity index (χ3v) is 3.20. The van der Waals surface area contributed by atoms with Crippen LogP contribution in [0.25, 0.3) is 11.0 Å². The second kappa shape index (κ2) is 5.91. The van der Waals surface area contributed by atoms with Crippen molar-refractivity contribution in [1.82, 2.24) is 5.32 Å². The molecule has 3 heteroatoms. The van der Waals surface area contributed by atoms with Gasteiger partial charge in [0.05, 0.1) is 0 Å². The summed E-state index contributed by atoms with van der Waals surface area (Å²) >= 11 is 0. The number of para-hydroxylation sites is 1. The van der Waals surface area contributed by atoms with Crippen molar-refractivity contribution in [2.24, 2.45) is 5.92 Å². The zero-order valence-corrected chi connectivity index (χ0v) is 11.8. The van der Waals surface area contributed by atoms with Gasteiger partial charge in [-0.2, -0.15) is 0 Å². The van der Waals surface area contributed by atoms with E-state index in [-0.39, 0.29) is 11.9 Å². The van der Waals surface area contributed by atoms with Gasteiger partial charge in [0, 0.05) is 11.4 Å². The number of amides is 1. The van der Waals surface area contributed by atoms with Gasteiger partial charge in [0.15, 0.2) is 5.76 Å². The average molecular weight is 259 g/mol. The standard InChI is InChI=1S/C16H21NO2/c1-11(2)8-9-12(3)17-16(18)15-10-13-6-4-5-7-14(13)19-15/h4-7,10-12H,8-9H2,1-3H3,(H,17,18). The van der Waals surface area contributed by atoms with E-state index < -0.39 is 0 Å². The number of rotatable bonds is 5. The van der Waals surface area contributed by atoms with E-state index in [1.165, 1.54) is 0 Å². The Hall–Kier alpha value is -1.77. The van der Waals surface area contributed by atoms with E-state index in [4.69, 9.17) is 4.42 Å². The van der Waals surface area contributed by atoms with Crippen LogP contribution in [0.1, 0.15) is 44.2 Å². The van der Waals surface area contributed by atoms with Crippen LogP contribution in [0.15, 0.2) is 34.7 Å². The lowest BCUT2D eigenvalue weighted by Gasteiger charge is -2.13. The maximum Gasteiger partial charge on any atom is 0.287 e. The molecule has 102 valence electrons. The van der Waals surface area contributed by atoms with Gasteiger partial charge in [0.2, 0.25) is 0 Å². The summed E-state index contributed by atoms with van der Waals surface area (Å²) in [7, 11) is 0. The van der Waals surface area contributed by atoms with Crippen LogP contribution in [0.2, 0.25) is 0 Å².